The molecule has 1 aromatic heterocycles. The van der Waals surface area contributed by atoms with Crippen molar-refractivity contribution in [2.24, 2.45) is 0 Å². The molecule has 0 saturated carbocycles. The first-order valence-corrected chi connectivity index (χ1v) is 11.3. The Balaban J connectivity index is 1.60. The highest BCUT2D eigenvalue weighted by Gasteiger charge is 2.10. The monoisotopic (exact) mass is 422 g/mol. The van der Waals surface area contributed by atoms with Crippen LogP contribution in [0.5, 0.6) is 5.75 Å². The second kappa shape index (κ2) is 8.59. The van der Waals surface area contributed by atoms with Gasteiger partial charge in [0.25, 0.3) is 0 Å². The van der Waals surface area contributed by atoms with Gasteiger partial charge in [0.05, 0.1) is 6.61 Å². The zero-order valence-corrected chi connectivity index (χ0v) is 18.8. The summed E-state index contributed by atoms with van der Waals surface area (Å²) in [5.74, 6) is 0.377. The minimum absolute atomic E-state index is 0.377. The number of hydrogen-bond donors (Lipinski definition) is 1. The molecule has 1 unspecified atom stereocenters. The van der Waals surface area contributed by atoms with Crippen LogP contribution in [0.2, 0.25) is 0 Å². The number of phenols is 1. The van der Waals surface area contributed by atoms with Crippen molar-refractivity contribution < 1.29 is 18.0 Å². The third kappa shape index (κ3) is 4.26. The predicted molar refractivity (Wildman–Crippen MR) is 123 cm³/mol. The van der Waals surface area contributed by atoms with Gasteiger partial charge in [0, 0.05) is 10.8 Å². The molecule has 0 spiro atoms. The fraction of sp³-hybridized carbons (Fsp3) is 0.280. The molecule has 156 valence electrons. The lowest BCUT2D eigenvalue weighted by molar-refractivity contribution is 0.364. The lowest BCUT2D eigenvalue weighted by Crippen LogP contribution is -1.98. The van der Waals surface area contributed by atoms with Crippen LogP contribution in [0.4, 0.5) is 0 Å². The Labute approximate surface area is 177 Å². The van der Waals surface area contributed by atoms with E-state index in [2.05, 4.69) is 19.1 Å². The van der Waals surface area contributed by atoms with Gasteiger partial charge in [0.1, 0.15) is 16.9 Å². The number of aryl methyl sites for hydroxylation is 5. The molecule has 5 heteroatoms. The van der Waals surface area contributed by atoms with Crippen LogP contribution < -0.4 is 4.52 Å². The fourth-order valence-corrected chi connectivity index (χ4v) is 4.88. The molecule has 0 fully saturated rings. The Hall–Kier alpha value is -2.68. The summed E-state index contributed by atoms with van der Waals surface area (Å²) in [6, 6.07) is 16.4. The summed E-state index contributed by atoms with van der Waals surface area (Å²) < 4.78 is 18.4. The molecule has 0 aliphatic heterocycles. The van der Waals surface area contributed by atoms with Crippen LogP contribution >= 0.6 is 8.24 Å². The predicted octanol–water partition coefficient (Wildman–Crippen LogP) is 7.29. The Bertz CT molecular complexity index is 1230. The van der Waals surface area contributed by atoms with Crippen molar-refractivity contribution in [2.75, 3.05) is 6.61 Å². The Morgan fingerprint density at radius 2 is 1.63 bits per heavy atom. The summed E-state index contributed by atoms with van der Waals surface area (Å²) >= 11 is 0. The Morgan fingerprint density at radius 3 is 2.40 bits per heavy atom. The molecule has 0 aliphatic rings. The van der Waals surface area contributed by atoms with Crippen molar-refractivity contribution >= 4 is 30.2 Å². The summed E-state index contributed by atoms with van der Waals surface area (Å²) in [5, 5.41) is 12.0. The maximum Gasteiger partial charge on any atom is 0.387 e. The molecule has 1 N–H and O–H groups in total. The molecule has 1 heterocycles. The number of fused-ring (bicyclic) bond motifs is 3. The maximum absolute atomic E-state index is 9.94. The van der Waals surface area contributed by atoms with Gasteiger partial charge in [-0.05, 0) is 74.9 Å². The molecule has 3 aromatic carbocycles. The summed E-state index contributed by atoms with van der Waals surface area (Å²) in [5.41, 5.74) is 6.88. The molecule has 4 nitrogen and oxygen atoms in total. The molecular weight excluding hydrogens is 395 g/mol. The highest BCUT2D eigenvalue weighted by atomic mass is 31.1. The van der Waals surface area contributed by atoms with Crippen LogP contribution in [0.1, 0.15) is 34.2 Å². The number of phenolic OH excluding ortho intramolecular Hbond substituents is 1. The van der Waals surface area contributed by atoms with Gasteiger partial charge >= 0.3 is 8.24 Å². The third-order valence-corrected chi connectivity index (χ3v) is 6.40. The smallest absolute Gasteiger partial charge is 0.387 e. The van der Waals surface area contributed by atoms with E-state index in [-0.39, 0.29) is 0 Å². The molecule has 0 bridgehead atoms. The molecular formula is C25H27O4P. The van der Waals surface area contributed by atoms with Crippen LogP contribution in [-0.4, -0.2) is 11.7 Å². The molecule has 4 aromatic rings. The molecule has 30 heavy (non-hydrogen) atoms. The molecule has 0 saturated heterocycles. The first-order chi connectivity index (χ1) is 14.4. The van der Waals surface area contributed by atoms with Gasteiger partial charge in [0.15, 0.2) is 0 Å². The lowest BCUT2D eigenvalue weighted by atomic mass is 10.0. The van der Waals surface area contributed by atoms with E-state index in [1.165, 1.54) is 11.1 Å². The van der Waals surface area contributed by atoms with E-state index < -0.39 is 8.24 Å². The molecule has 0 amide bonds. The second-order valence-electron chi connectivity index (χ2n) is 7.87. The number of benzene rings is 3. The normalized spacial score (nSPS) is 11.9. The van der Waals surface area contributed by atoms with E-state index >= 15 is 0 Å². The number of para-hydroxylation sites is 1. The molecule has 1 atom stereocenters. The van der Waals surface area contributed by atoms with Crippen molar-refractivity contribution in [1.82, 2.24) is 0 Å². The van der Waals surface area contributed by atoms with Gasteiger partial charge in [-0.1, -0.05) is 42.0 Å². The van der Waals surface area contributed by atoms with Crippen molar-refractivity contribution in [3.8, 4) is 5.75 Å². The van der Waals surface area contributed by atoms with E-state index in [1.807, 2.05) is 57.2 Å². The molecule has 0 radical (unpaired) electrons. The average Bonchev–Trinajstić information content (AvgIpc) is 2.87. The molecule has 0 aliphatic carbocycles. The van der Waals surface area contributed by atoms with Gasteiger partial charge in [-0.2, -0.15) is 0 Å². The second-order valence-corrected chi connectivity index (χ2v) is 8.94. The number of rotatable bonds is 5. The molecule has 4 rings (SSSR count). The SMILES string of the molecule is Cc1ccc2op(OCCCc3cc(C)c(O)c(C)c3)oc3c(C)cccc3c2c1. The van der Waals surface area contributed by atoms with E-state index in [0.29, 0.717) is 12.4 Å². The van der Waals surface area contributed by atoms with Crippen molar-refractivity contribution in [3.05, 3.63) is 76.3 Å². The van der Waals surface area contributed by atoms with E-state index in [4.69, 9.17) is 12.9 Å². The van der Waals surface area contributed by atoms with Crippen LogP contribution in [0.15, 0.2) is 56.9 Å². The van der Waals surface area contributed by atoms with Gasteiger partial charge in [-0.3, -0.25) is 4.52 Å². The minimum Gasteiger partial charge on any atom is -0.507 e. The highest BCUT2D eigenvalue weighted by molar-refractivity contribution is 7.31. The van der Waals surface area contributed by atoms with E-state index in [0.717, 1.165) is 51.5 Å². The van der Waals surface area contributed by atoms with Crippen LogP contribution in [-0.2, 0) is 6.42 Å². The van der Waals surface area contributed by atoms with E-state index in [1.54, 1.807) is 0 Å². The van der Waals surface area contributed by atoms with Crippen molar-refractivity contribution in [2.45, 2.75) is 40.5 Å². The summed E-state index contributed by atoms with van der Waals surface area (Å²) in [7, 11) is -1.54. The summed E-state index contributed by atoms with van der Waals surface area (Å²) in [6.45, 7) is 8.51. The lowest BCUT2D eigenvalue weighted by Gasteiger charge is -2.07. The first kappa shape index (κ1) is 20.6. The topological polar surface area (TPSA) is 55.7 Å². The maximum atomic E-state index is 9.94. The highest BCUT2D eigenvalue weighted by Crippen LogP contribution is 2.35. The van der Waals surface area contributed by atoms with E-state index in [9.17, 15) is 5.11 Å². The van der Waals surface area contributed by atoms with Crippen LogP contribution in [0, 0.1) is 27.7 Å². The zero-order chi connectivity index (χ0) is 21.3. The van der Waals surface area contributed by atoms with Crippen molar-refractivity contribution in [1.29, 1.82) is 0 Å². The number of hydrogen-bond acceptors (Lipinski definition) is 4. The average molecular weight is 422 g/mol. The van der Waals surface area contributed by atoms with Crippen LogP contribution in [0.3, 0.4) is 0 Å². The van der Waals surface area contributed by atoms with Crippen molar-refractivity contribution in [3.63, 3.8) is 0 Å². The largest absolute Gasteiger partial charge is 0.507 e. The number of aromatic hydroxyl groups is 1. The zero-order valence-electron chi connectivity index (χ0n) is 17.9. The minimum atomic E-state index is -1.54. The summed E-state index contributed by atoms with van der Waals surface area (Å²) in [4.78, 5) is 0. The van der Waals surface area contributed by atoms with Gasteiger partial charge < -0.3 is 13.5 Å². The Morgan fingerprint density at radius 1 is 0.867 bits per heavy atom. The third-order valence-electron chi connectivity index (χ3n) is 5.33. The van der Waals surface area contributed by atoms with Gasteiger partial charge in [-0.15, -0.1) is 0 Å². The first-order valence-electron chi connectivity index (χ1n) is 10.2. The van der Waals surface area contributed by atoms with Gasteiger partial charge in [-0.25, -0.2) is 0 Å². The fourth-order valence-electron chi connectivity index (χ4n) is 3.75. The standard InChI is InChI=1S/C25H27O4P/c1-16-10-11-23-22(13-16)21-9-5-7-17(2)25(21)29-30(28-23)27-12-6-8-20-14-18(3)24(26)19(4)15-20/h5,7,9-11,13-15,26H,6,8,12H2,1-4H3. The Kier molecular flexibility index (Phi) is 5.90. The van der Waals surface area contributed by atoms with Gasteiger partial charge in [0.2, 0.25) is 0 Å². The quantitative estimate of drug-likeness (QED) is 0.343. The summed E-state index contributed by atoms with van der Waals surface area (Å²) in [6.07, 6.45) is 1.72. The van der Waals surface area contributed by atoms with Crippen LogP contribution in [0.25, 0.3) is 21.9 Å².